The smallest absolute Gasteiger partial charge is 0.317 e. The lowest BCUT2D eigenvalue weighted by Gasteiger charge is -2.06. The number of hydrogen-bond acceptors (Lipinski definition) is 5. The second-order valence-corrected chi connectivity index (χ2v) is 4.43. The van der Waals surface area contributed by atoms with Gasteiger partial charge in [-0.05, 0) is 19.4 Å². The molecule has 0 fully saturated rings. The van der Waals surface area contributed by atoms with E-state index in [9.17, 15) is 0 Å². The van der Waals surface area contributed by atoms with Gasteiger partial charge >= 0.3 is 6.01 Å². The molecule has 0 amide bonds. The molecule has 0 radical (unpaired) electrons. The van der Waals surface area contributed by atoms with Crippen LogP contribution in [0.15, 0.2) is 11.2 Å². The summed E-state index contributed by atoms with van der Waals surface area (Å²) < 4.78 is 5.49. The Morgan fingerprint density at radius 2 is 2.05 bits per heavy atom. The van der Waals surface area contributed by atoms with Crippen LogP contribution in [-0.4, -0.2) is 27.6 Å². The Kier molecular flexibility index (Phi) is 6.63. The minimum atomic E-state index is -0.0432. The highest BCUT2D eigenvalue weighted by molar-refractivity contribution is 5.95. The molecule has 0 aromatic carbocycles. The van der Waals surface area contributed by atoms with Crippen LogP contribution in [0, 0.1) is 6.92 Å². The summed E-state index contributed by atoms with van der Waals surface area (Å²) in [6.07, 6.45) is 5.84. The lowest BCUT2D eigenvalue weighted by molar-refractivity contribution is 0.280. The molecule has 0 saturated carbocycles. The molecule has 0 atom stereocenters. The maximum atomic E-state index is 8.63. The number of aromatic nitrogens is 2. The van der Waals surface area contributed by atoms with Crippen molar-refractivity contribution in [2.24, 2.45) is 10.9 Å². The van der Waals surface area contributed by atoms with E-state index in [1.807, 2.05) is 6.92 Å². The average molecular weight is 266 g/mol. The third-order valence-corrected chi connectivity index (χ3v) is 2.68. The van der Waals surface area contributed by atoms with Gasteiger partial charge in [-0.15, -0.1) is 0 Å². The first-order chi connectivity index (χ1) is 9.17. The summed E-state index contributed by atoms with van der Waals surface area (Å²) in [5.41, 5.74) is 6.59. The Balaban J connectivity index is 2.47. The van der Waals surface area contributed by atoms with Gasteiger partial charge in [0.1, 0.15) is 5.69 Å². The Morgan fingerprint density at radius 1 is 1.32 bits per heavy atom. The van der Waals surface area contributed by atoms with E-state index in [2.05, 4.69) is 22.0 Å². The predicted octanol–water partition coefficient (Wildman–Crippen LogP) is 2.23. The molecule has 1 rings (SSSR count). The summed E-state index contributed by atoms with van der Waals surface area (Å²) in [5.74, 6) is -0.0432. The number of oxime groups is 1. The van der Waals surface area contributed by atoms with Crippen molar-refractivity contribution >= 4 is 5.84 Å². The van der Waals surface area contributed by atoms with Crippen LogP contribution in [-0.2, 0) is 0 Å². The molecular formula is C13H22N4O2. The first kappa shape index (κ1) is 15.2. The van der Waals surface area contributed by atoms with Crippen molar-refractivity contribution in [2.75, 3.05) is 6.61 Å². The van der Waals surface area contributed by atoms with Gasteiger partial charge in [0.15, 0.2) is 5.84 Å². The highest BCUT2D eigenvalue weighted by Crippen LogP contribution is 2.08. The van der Waals surface area contributed by atoms with E-state index in [4.69, 9.17) is 15.7 Å². The second-order valence-electron chi connectivity index (χ2n) is 4.43. The monoisotopic (exact) mass is 266 g/mol. The van der Waals surface area contributed by atoms with Crippen molar-refractivity contribution in [3.63, 3.8) is 0 Å². The summed E-state index contributed by atoms with van der Waals surface area (Å²) >= 11 is 0. The number of amidine groups is 1. The molecule has 0 aliphatic rings. The number of nitrogens with zero attached hydrogens (tertiary/aromatic N) is 3. The van der Waals surface area contributed by atoms with Gasteiger partial charge < -0.3 is 15.7 Å². The van der Waals surface area contributed by atoms with E-state index >= 15 is 0 Å². The van der Waals surface area contributed by atoms with Gasteiger partial charge in [0.05, 0.1) is 6.61 Å². The molecule has 6 nitrogen and oxygen atoms in total. The molecule has 1 aromatic heterocycles. The Morgan fingerprint density at radius 3 is 2.74 bits per heavy atom. The summed E-state index contributed by atoms with van der Waals surface area (Å²) in [5, 5.41) is 11.5. The first-order valence-electron chi connectivity index (χ1n) is 6.63. The Labute approximate surface area is 113 Å². The lowest BCUT2D eigenvalue weighted by Crippen LogP contribution is -2.16. The Hall–Kier alpha value is -1.85. The van der Waals surface area contributed by atoms with Gasteiger partial charge in [-0.2, -0.15) is 4.98 Å². The van der Waals surface area contributed by atoms with E-state index < -0.39 is 0 Å². The number of ether oxygens (including phenoxy) is 1. The zero-order chi connectivity index (χ0) is 14.1. The fourth-order valence-corrected chi connectivity index (χ4v) is 1.66. The Bertz CT molecular complexity index is 421. The van der Waals surface area contributed by atoms with Crippen LogP contribution in [0.5, 0.6) is 6.01 Å². The third kappa shape index (κ3) is 5.54. The maximum absolute atomic E-state index is 8.63. The van der Waals surface area contributed by atoms with Crippen LogP contribution in [0.1, 0.15) is 50.4 Å². The van der Waals surface area contributed by atoms with Crippen LogP contribution in [0.25, 0.3) is 0 Å². The molecule has 106 valence electrons. The number of unbranched alkanes of at least 4 members (excludes halogenated alkanes) is 4. The standard InChI is InChI=1S/C13H22N4O2/c1-3-4-5-6-7-8-19-13-15-10(2)9-11(16-13)12(14)17-18/h9,18H,3-8H2,1-2H3,(H2,14,17). The summed E-state index contributed by atoms with van der Waals surface area (Å²) in [4.78, 5) is 8.25. The van der Waals surface area contributed by atoms with Crippen LogP contribution < -0.4 is 10.5 Å². The molecule has 1 heterocycles. The fraction of sp³-hybridized carbons (Fsp3) is 0.615. The SMILES string of the molecule is CCCCCCCOc1nc(C)cc(/C(N)=N/O)n1. The van der Waals surface area contributed by atoms with Crippen molar-refractivity contribution in [3.8, 4) is 6.01 Å². The third-order valence-electron chi connectivity index (χ3n) is 2.68. The number of rotatable bonds is 8. The van der Waals surface area contributed by atoms with Gasteiger partial charge in [0.2, 0.25) is 0 Å². The van der Waals surface area contributed by atoms with Gasteiger partial charge in [0, 0.05) is 5.69 Å². The number of hydrogen-bond donors (Lipinski definition) is 2. The maximum Gasteiger partial charge on any atom is 0.317 e. The van der Waals surface area contributed by atoms with Crippen LogP contribution >= 0.6 is 0 Å². The normalized spacial score (nSPS) is 11.6. The van der Waals surface area contributed by atoms with Crippen LogP contribution in [0.3, 0.4) is 0 Å². The van der Waals surface area contributed by atoms with Crippen LogP contribution in [0.4, 0.5) is 0 Å². The van der Waals surface area contributed by atoms with Crippen molar-refractivity contribution in [1.82, 2.24) is 9.97 Å². The highest BCUT2D eigenvalue weighted by atomic mass is 16.5. The van der Waals surface area contributed by atoms with Gasteiger partial charge in [-0.1, -0.05) is 37.8 Å². The minimum absolute atomic E-state index is 0.0432. The second kappa shape index (κ2) is 8.29. The van der Waals surface area contributed by atoms with Gasteiger partial charge in [-0.3, -0.25) is 0 Å². The molecule has 0 aliphatic carbocycles. The highest BCUT2D eigenvalue weighted by Gasteiger charge is 2.07. The van der Waals surface area contributed by atoms with E-state index in [0.29, 0.717) is 12.3 Å². The predicted molar refractivity (Wildman–Crippen MR) is 73.5 cm³/mol. The largest absolute Gasteiger partial charge is 0.463 e. The summed E-state index contributed by atoms with van der Waals surface area (Å²) in [7, 11) is 0. The molecule has 1 aromatic rings. The zero-order valence-electron chi connectivity index (χ0n) is 11.6. The zero-order valence-corrected chi connectivity index (χ0v) is 11.6. The fourth-order valence-electron chi connectivity index (χ4n) is 1.66. The molecule has 19 heavy (non-hydrogen) atoms. The molecule has 0 spiro atoms. The molecule has 0 bridgehead atoms. The summed E-state index contributed by atoms with van der Waals surface area (Å²) in [6.45, 7) is 4.58. The van der Waals surface area contributed by atoms with E-state index in [0.717, 1.165) is 18.5 Å². The molecule has 0 aliphatic heterocycles. The molecule has 0 saturated heterocycles. The van der Waals surface area contributed by atoms with Crippen molar-refractivity contribution < 1.29 is 9.94 Å². The number of aryl methyl sites for hydroxylation is 1. The molecule has 0 unspecified atom stereocenters. The van der Waals surface area contributed by atoms with Crippen molar-refractivity contribution in [1.29, 1.82) is 0 Å². The topological polar surface area (TPSA) is 93.6 Å². The van der Waals surface area contributed by atoms with Gasteiger partial charge in [-0.25, -0.2) is 4.98 Å². The molecule has 3 N–H and O–H groups in total. The molecular weight excluding hydrogens is 244 g/mol. The van der Waals surface area contributed by atoms with E-state index in [1.54, 1.807) is 6.07 Å². The minimum Gasteiger partial charge on any atom is -0.463 e. The summed E-state index contributed by atoms with van der Waals surface area (Å²) in [6, 6.07) is 1.92. The molecule has 6 heteroatoms. The van der Waals surface area contributed by atoms with Gasteiger partial charge in [0.25, 0.3) is 0 Å². The van der Waals surface area contributed by atoms with Crippen molar-refractivity contribution in [3.05, 3.63) is 17.5 Å². The lowest BCUT2D eigenvalue weighted by atomic mass is 10.2. The quantitative estimate of drug-likeness (QED) is 0.247. The average Bonchev–Trinajstić information content (AvgIpc) is 2.41. The van der Waals surface area contributed by atoms with E-state index in [1.165, 1.54) is 19.3 Å². The van der Waals surface area contributed by atoms with Crippen molar-refractivity contribution in [2.45, 2.75) is 46.0 Å². The number of nitrogens with two attached hydrogens (primary N) is 1. The van der Waals surface area contributed by atoms with E-state index in [-0.39, 0.29) is 11.8 Å². The first-order valence-corrected chi connectivity index (χ1v) is 6.63. The van der Waals surface area contributed by atoms with Crippen LogP contribution in [0.2, 0.25) is 0 Å².